The summed E-state index contributed by atoms with van der Waals surface area (Å²) in [7, 11) is 3.19. The first kappa shape index (κ1) is 22.9. The van der Waals surface area contributed by atoms with Gasteiger partial charge in [0.1, 0.15) is 5.82 Å². The van der Waals surface area contributed by atoms with E-state index in [0.29, 0.717) is 42.3 Å². The molecule has 0 atom stereocenters. The van der Waals surface area contributed by atoms with E-state index in [1.54, 1.807) is 50.1 Å². The number of aromatic nitrogens is 2. The first-order valence-corrected chi connectivity index (χ1v) is 10.4. The summed E-state index contributed by atoms with van der Waals surface area (Å²) in [5.41, 5.74) is 3.12. The fourth-order valence-corrected chi connectivity index (χ4v) is 3.23. The summed E-state index contributed by atoms with van der Waals surface area (Å²) in [6.45, 7) is 4.14. The number of carbonyl (C=O) groups is 2. The second kappa shape index (κ2) is 10.5. The van der Waals surface area contributed by atoms with Crippen molar-refractivity contribution in [3.05, 3.63) is 65.4 Å². The van der Waals surface area contributed by atoms with E-state index >= 15 is 0 Å². The third-order valence-corrected chi connectivity index (χ3v) is 4.94. The Bertz CT molecular complexity index is 1090. The van der Waals surface area contributed by atoms with E-state index in [-0.39, 0.29) is 11.8 Å². The van der Waals surface area contributed by atoms with E-state index in [1.165, 1.54) is 0 Å². The van der Waals surface area contributed by atoms with Crippen molar-refractivity contribution in [2.75, 3.05) is 26.1 Å². The molecule has 2 aromatic carbocycles. The van der Waals surface area contributed by atoms with Crippen LogP contribution < -0.4 is 20.1 Å². The molecule has 2 N–H and O–H groups in total. The Labute approximate surface area is 187 Å². The van der Waals surface area contributed by atoms with Crippen molar-refractivity contribution >= 4 is 17.6 Å². The van der Waals surface area contributed by atoms with Gasteiger partial charge >= 0.3 is 0 Å². The minimum absolute atomic E-state index is 0.0865. The molecule has 0 saturated heterocycles. The predicted octanol–water partition coefficient (Wildman–Crippen LogP) is 3.52. The van der Waals surface area contributed by atoms with Crippen LogP contribution in [0.5, 0.6) is 11.5 Å². The number of hydrogen-bond acceptors (Lipinski definition) is 5. The molecule has 3 rings (SSSR count). The average Bonchev–Trinajstić information content (AvgIpc) is 3.18. The van der Waals surface area contributed by atoms with Crippen molar-refractivity contribution < 1.29 is 19.1 Å². The standard InChI is InChI=1S/C24H28N4O4/c1-5-23(29)26-22-14-16(2)27-28(22)19-9-7-18(8-10-19)24(30)25-13-12-17-6-11-20(31-3)21(15-17)32-4/h6-11,14-15H,5,12-13H2,1-4H3,(H,25,30)(H,26,29). The van der Waals surface area contributed by atoms with Gasteiger partial charge in [-0.15, -0.1) is 0 Å². The average molecular weight is 437 g/mol. The quantitative estimate of drug-likeness (QED) is 0.535. The molecule has 0 radical (unpaired) electrons. The first-order valence-electron chi connectivity index (χ1n) is 10.4. The van der Waals surface area contributed by atoms with Crippen LogP contribution in [0.1, 0.15) is 35.0 Å². The van der Waals surface area contributed by atoms with Gasteiger partial charge in [-0.1, -0.05) is 13.0 Å². The number of ether oxygens (including phenoxy) is 2. The fraction of sp³-hybridized carbons (Fsp3) is 0.292. The second-order valence-corrected chi connectivity index (χ2v) is 7.23. The van der Waals surface area contributed by atoms with Gasteiger partial charge in [-0.05, 0) is 55.3 Å². The zero-order chi connectivity index (χ0) is 23.1. The number of nitrogens with one attached hydrogen (secondary N) is 2. The van der Waals surface area contributed by atoms with Crippen LogP contribution in [0.15, 0.2) is 48.5 Å². The molecule has 2 amide bonds. The molecule has 3 aromatic rings. The number of carbonyl (C=O) groups excluding carboxylic acids is 2. The molecule has 8 heteroatoms. The van der Waals surface area contributed by atoms with Gasteiger partial charge in [0.15, 0.2) is 11.5 Å². The molecule has 0 aliphatic rings. The topological polar surface area (TPSA) is 94.5 Å². The fourth-order valence-electron chi connectivity index (χ4n) is 3.23. The molecule has 1 heterocycles. The summed E-state index contributed by atoms with van der Waals surface area (Å²) in [4.78, 5) is 24.3. The van der Waals surface area contributed by atoms with Crippen LogP contribution in [-0.4, -0.2) is 42.4 Å². The number of hydrogen-bond donors (Lipinski definition) is 2. The summed E-state index contributed by atoms with van der Waals surface area (Å²) < 4.78 is 12.2. The van der Waals surface area contributed by atoms with Gasteiger partial charge < -0.3 is 20.1 Å². The number of aryl methyl sites for hydroxylation is 1. The smallest absolute Gasteiger partial charge is 0.251 e. The molecule has 168 valence electrons. The number of benzene rings is 2. The maximum atomic E-state index is 12.5. The van der Waals surface area contributed by atoms with Crippen molar-refractivity contribution in [1.29, 1.82) is 0 Å². The number of amides is 2. The van der Waals surface area contributed by atoms with Crippen molar-refractivity contribution in [1.82, 2.24) is 15.1 Å². The number of nitrogens with zero attached hydrogens (tertiary/aromatic N) is 2. The van der Waals surface area contributed by atoms with E-state index in [4.69, 9.17) is 9.47 Å². The van der Waals surface area contributed by atoms with Crippen molar-refractivity contribution in [2.24, 2.45) is 0 Å². The third-order valence-electron chi connectivity index (χ3n) is 4.94. The number of methoxy groups -OCH3 is 2. The highest BCUT2D eigenvalue weighted by Crippen LogP contribution is 2.27. The van der Waals surface area contributed by atoms with E-state index in [9.17, 15) is 9.59 Å². The molecular weight excluding hydrogens is 408 g/mol. The Balaban J connectivity index is 1.62. The zero-order valence-electron chi connectivity index (χ0n) is 18.8. The molecule has 0 bridgehead atoms. The summed E-state index contributed by atoms with van der Waals surface area (Å²) >= 11 is 0. The van der Waals surface area contributed by atoms with Crippen molar-refractivity contribution in [3.63, 3.8) is 0 Å². The van der Waals surface area contributed by atoms with Crippen LogP contribution in [0.3, 0.4) is 0 Å². The molecule has 0 saturated carbocycles. The van der Waals surface area contributed by atoms with Crippen LogP contribution in [-0.2, 0) is 11.2 Å². The molecule has 0 fully saturated rings. The Hall–Kier alpha value is -3.81. The monoisotopic (exact) mass is 436 g/mol. The van der Waals surface area contributed by atoms with Gasteiger partial charge in [0, 0.05) is 24.6 Å². The summed E-state index contributed by atoms with van der Waals surface area (Å²) in [6.07, 6.45) is 1.05. The molecule has 8 nitrogen and oxygen atoms in total. The van der Waals surface area contributed by atoms with Gasteiger partial charge in [-0.2, -0.15) is 5.10 Å². The highest BCUT2D eigenvalue weighted by atomic mass is 16.5. The van der Waals surface area contributed by atoms with E-state index < -0.39 is 0 Å². The highest BCUT2D eigenvalue weighted by molar-refractivity contribution is 5.94. The lowest BCUT2D eigenvalue weighted by Crippen LogP contribution is -2.25. The van der Waals surface area contributed by atoms with Crippen LogP contribution in [0.2, 0.25) is 0 Å². The summed E-state index contributed by atoms with van der Waals surface area (Å²) in [6, 6.07) is 14.6. The first-order chi connectivity index (χ1) is 15.4. The minimum atomic E-state index is -0.159. The molecule has 0 spiro atoms. The van der Waals surface area contributed by atoms with E-state index in [0.717, 1.165) is 16.9 Å². The summed E-state index contributed by atoms with van der Waals surface area (Å²) in [5, 5.41) is 10.2. The molecule has 0 aliphatic heterocycles. The third kappa shape index (κ3) is 5.46. The van der Waals surface area contributed by atoms with Gasteiger partial charge in [-0.25, -0.2) is 4.68 Å². The maximum Gasteiger partial charge on any atom is 0.251 e. The Morgan fingerprint density at radius 3 is 2.38 bits per heavy atom. The van der Waals surface area contributed by atoms with Gasteiger partial charge in [-0.3, -0.25) is 9.59 Å². The SMILES string of the molecule is CCC(=O)Nc1cc(C)nn1-c1ccc(C(=O)NCCc2ccc(OC)c(OC)c2)cc1. The van der Waals surface area contributed by atoms with E-state index in [2.05, 4.69) is 15.7 Å². The van der Waals surface area contributed by atoms with Crippen LogP contribution in [0, 0.1) is 6.92 Å². The molecule has 0 aliphatic carbocycles. The highest BCUT2D eigenvalue weighted by Gasteiger charge is 2.12. The molecule has 0 unspecified atom stereocenters. The lowest BCUT2D eigenvalue weighted by atomic mass is 10.1. The number of rotatable bonds is 9. The lowest BCUT2D eigenvalue weighted by Gasteiger charge is -2.11. The minimum Gasteiger partial charge on any atom is -0.493 e. The van der Waals surface area contributed by atoms with E-state index in [1.807, 2.05) is 31.2 Å². The Kier molecular flexibility index (Phi) is 7.49. The van der Waals surface area contributed by atoms with Gasteiger partial charge in [0.25, 0.3) is 5.91 Å². The normalized spacial score (nSPS) is 10.5. The van der Waals surface area contributed by atoms with Crippen molar-refractivity contribution in [3.8, 4) is 17.2 Å². The van der Waals surface area contributed by atoms with Gasteiger partial charge in [0.2, 0.25) is 5.91 Å². The molecular formula is C24H28N4O4. The van der Waals surface area contributed by atoms with Crippen LogP contribution in [0.25, 0.3) is 5.69 Å². The largest absolute Gasteiger partial charge is 0.493 e. The maximum absolute atomic E-state index is 12.5. The molecule has 32 heavy (non-hydrogen) atoms. The van der Waals surface area contributed by atoms with Crippen molar-refractivity contribution in [2.45, 2.75) is 26.7 Å². The Morgan fingerprint density at radius 1 is 1.00 bits per heavy atom. The zero-order valence-corrected chi connectivity index (χ0v) is 18.8. The lowest BCUT2D eigenvalue weighted by molar-refractivity contribution is -0.115. The Morgan fingerprint density at radius 2 is 1.72 bits per heavy atom. The van der Waals surface area contributed by atoms with Crippen LogP contribution >= 0.6 is 0 Å². The summed E-state index contributed by atoms with van der Waals surface area (Å²) in [5.74, 6) is 1.69. The predicted molar refractivity (Wildman–Crippen MR) is 123 cm³/mol. The van der Waals surface area contributed by atoms with Gasteiger partial charge in [0.05, 0.1) is 25.6 Å². The number of anilines is 1. The second-order valence-electron chi connectivity index (χ2n) is 7.23. The molecule has 1 aromatic heterocycles. The van der Waals surface area contributed by atoms with Crippen LogP contribution in [0.4, 0.5) is 5.82 Å².